The predicted octanol–water partition coefficient (Wildman–Crippen LogP) is 4.28. The molecule has 1 unspecified atom stereocenters. The van der Waals surface area contributed by atoms with Crippen LogP contribution in [0.25, 0.3) is 0 Å². The maximum atomic E-state index is 11.2. The number of hydrogen-bond acceptors (Lipinski definition) is 4. The summed E-state index contributed by atoms with van der Waals surface area (Å²) in [6.45, 7) is 2.73. The molecular formula is C25H36O5. The lowest BCUT2D eigenvalue weighted by Crippen LogP contribution is -2.19. The molecule has 1 aromatic rings. The Labute approximate surface area is 179 Å². The van der Waals surface area contributed by atoms with Gasteiger partial charge in [0.05, 0.1) is 31.3 Å². The number of carbonyl (C=O) groups is 1. The van der Waals surface area contributed by atoms with Crippen molar-refractivity contribution in [2.24, 2.45) is 17.8 Å². The number of carboxylic acid groups (broad SMARTS) is 1. The lowest BCUT2D eigenvalue weighted by Gasteiger charge is -2.21. The van der Waals surface area contributed by atoms with Crippen LogP contribution < -0.4 is 0 Å². The molecule has 1 saturated heterocycles. The summed E-state index contributed by atoms with van der Waals surface area (Å²) in [5.74, 6) is -0.162. The molecule has 5 heteroatoms. The molecule has 2 fully saturated rings. The molecule has 3 N–H and O–H groups in total. The number of ether oxygens (including phenoxy) is 1. The van der Waals surface area contributed by atoms with Gasteiger partial charge in [0.2, 0.25) is 0 Å². The summed E-state index contributed by atoms with van der Waals surface area (Å²) in [5, 5.41) is 30.1. The molecular weight excluding hydrogens is 380 g/mol. The zero-order valence-electron chi connectivity index (χ0n) is 18.0. The number of benzene rings is 1. The third-order valence-corrected chi connectivity index (χ3v) is 6.76. The second-order valence-corrected chi connectivity index (χ2v) is 8.92. The van der Waals surface area contributed by atoms with Crippen LogP contribution >= 0.6 is 0 Å². The van der Waals surface area contributed by atoms with Gasteiger partial charge in [0.25, 0.3) is 0 Å². The van der Waals surface area contributed by atoms with Gasteiger partial charge < -0.3 is 20.1 Å². The Kier molecular flexibility index (Phi) is 8.49. The quantitative estimate of drug-likeness (QED) is 0.413. The van der Waals surface area contributed by atoms with Gasteiger partial charge >= 0.3 is 5.97 Å². The monoisotopic (exact) mass is 416 g/mol. The minimum Gasteiger partial charge on any atom is -0.481 e. The van der Waals surface area contributed by atoms with Gasteiger partial charge in [-0.3, -0.25) is 4.79 Å². The first kappa shape index (κ1) is 23.0. The van der Waals surface area contributed by atoms with Gasteiger partial charge in [-0.1, -0.05) is 62.6 Å². The molecule has 1 aromatic carbocycles. The summed E-state index contributed by atoms with van der Waals surface area (Å²) in [7, 11) is 0. The minimum atomic E-state index is -0.834. The van der Waals surface area contributed by atoms with E-state index in [9.17, 15) is 20.1 Å². The summed E-state index contributed by atoms with van der Waals surface area (Å²) >= 11 is 0. The minimum absolute atomic E-state index is 0.00286. The van der Waals surface area contributed by atoms with Crippen molar-refractivity contribution in [2.45, 2.75) is 76.6 Å². The average Bonchev–Trinajstić information content (AvgIpc) is 2.87. The number of carboxylic acids is 1. The van der Waals surface area contributed by atoms with Gasteiger partial charge in [-0.05, 0) is 48.6 Å². The van der Waals surface area contributed by atoms with E-state index in [1.165, 1.54) is 0 Å². The molecule has 0 aromatic heterocycles. The molecule has 166 valence electrons. The number of aliphatic hydroxyl groups is 2. The third-order valence-electron chi connectivity index (χ3n) is 6.76. The Morgan fingerprint density at radius 1 is 1.27 bits per heavy atom. The van der Waals surface area contributed by atoms with Crippen LogP contribution in [0.15, 0.2) is 36.4 Å². The Morgan fingerprint density at radius 2 is 2.07 bits per heavy atom. The van der Waals surface area contributed by atoms with E-state index < -0.39 is 18.2 Å². The maximum absolute atomic E-state index is 11.2. The smallest absolute Gasteiger partial charge is 0.307 e. The highest BCUT2D eigenvalue weighted by molar-refractivity contribution is 5.70. The maximum Gasteiger partial charge on any atom is 0.307 e. The third kappa shape index (κ3) is 5.93. The SMILES string of the molecule is CCCCC[C@H](O)/C=C/[C@@H]1[C@H]2CCC(c3ccccc3CC(=O)O)OC[C@H]2C[C@H]1O. The standard InChI is InChI=1S/C25H36O5/c1-2-3-4-8-19(26)10-11-22-20-12-13-24(30-16-18(20)14-23(22)27)21-9-6-5-7-17(21)15-25(28)29/h5-7,9-11,18-20,22-24,26-27H,2-4,8,12-16H2,1H3,(H,28,29)/b11-10+/t18-,19+,20+,22-,23-,24?/m1/s1. The fourth-order valence-electron chi connectivity index (χ4n) is 5.17. The highest BCUT2D eigenvalue weighted by atomic mass is 16.5. The molecule has 30 heavy (non-hydrogen) atoms. The van der Waals surface area contributed by atoms with E-state index in [4.69, 9.17) is 4.74 Å². The second-order valence-electron chi connectivity index (χ2n) is 8.92. The van der Waals surface area contributed by atoms with E-state index in [1.807, 2.05) is 36.4 Å². The van der Waals surface area contributed by atoms with E-state index in [-0.39, 0.29) is 18.4 Å². The van der Waals surface area contributed by atoms with Crippen LogP contribution in [0.2, 0.25) is 0 Å². The van der Waals surface area contributed by atoms with Crippen molar-refractivity contribution in [3.8, 4) is 0 Å². The fourth-order valence-corrected chi connectivity index (χ4v) is 5.17. The van der Waals surface area contributed by atoms with Crippen LogP contribution in [0.5, 0.6) is 0 Å². The van der Waals surface area contributed by atoms with Gasteiger partial charge in [-0.25, -0.2) is 0 Å². The molecule has 3 rings (SSSR count). The molecule has 1 saturated carbocycles. The van der Waals surface area contributed by atoms with Crippen LogP contribution in [-0.2, 0) is 16.0 Å². The summed E-state index contributed by atoms with van der Waals surface area (Å²) in [6.07, 6.45) is 9.48. The van der Waals surface area contributed by atoms with E-state index in [1.54, 1.807) is 0 Å². The zero-order valence-corrected chi connectivity index (χ0v) is 18.0. The van der Waals surface area contributed by atoms with Crippen molar-refractivity contribution in [1.82, 2.24) is 0 Å². The normalized spacial score (nSPS) is 30.2. The number of rotatable bonds is 9. The van der Waals surface area contributed by atoms with Crippen LogP contribution in [-0.4, -0.2) is 40.1 Å². The van der Waals surface area contributed by atoms with E-state index in [0.29, 0.717) is 18.4 Å². The number of unbranched alkanes of at least 4 members (excludes halogenated alkanes) is 2. The molecule has 0 amide bonds. The molecule has 1 aliphatic carbocycles. The van der Waals surface area contributed by atoms with E-state index >= 15 is 0 Å². The molecule has 1 heterocycles. The topological polar surface area (TPSA) is 87.0 Å². The van der Waals surface area contributed by atoms with Crippen molar-refractivity contribution in [3.63, 3.8) is 0 Å². The van der Waals surface area contributed by atoms with Gasteiger partial charge in [-0.2, -0.15) is 0 Å². The Bertz CT molecular complexity index is 715. The van der Waals surface area contributed by atoms with E-state index in [2.05, 4.69) is 6.92 Å². The molecule has 2 aliphatic rings. The van der Waals surface area contributed by atoms with Crippen molar-refractivity contribution in [1.29, 1.82) is 0 Å². The van der Waals surface area contributed by atoms with Crippen LogP contribution in [0, 0.1) is 17.8 Å². The predicted molar refractivity (Wildman–Crippen MR) is 116 cm³/mol. The number of aliphatic hydroxyl groups excluding tert-OH is 2. The van der Waals surface area contributed by atoms with Crippen LogP contribution in [0.3, 0.4) is 0 Å². The number of fused-ring (bicyclic) bond motifs is 1. The van der Waals surface area contributed by atoms with Gasteiger partial charge in [0.15, 0.2) is 0 Å². The van der Waals surface area contributed by atoms with Crippen molar-refractivity contribution < 1.29 is 24.9 Å². The summed E-state index contributed by atoms with van der Waals surface area (Å²) in [4.78, 5) is 11.2. The zero-order chi connectivity index (χ0) is 21.5. The Balaban J connectivity index is 1.65. The first-order chi connectivity index (χ1) is 14.5. The van der Waals surface area contributed by atoms with Crippen LogP contribution in [0.4, 0.5) is 0 Å². The van der Waals surface area contributed by atoms with Gasteiger partial charge in [0.1, 0.15) is 0 Å². The largest absolute Gasteiger partial charge is 0.481 e. The fraction of sp³-hybridized carbons (Fsp3) is 0.640. The van der Waals surface area contributed by atoms with Gasteiger partial charge in [-0.15, -0.1) is 0 Å². The van der Waals surface area contributed by atoms with Crippen molar-refractivity contribution in [3.05, 3.63) is 47.5 Å². The highest BCUT2D eigenvalue weighted by Gasteiger charge is 2.43. The highest BCUT2D eigenvalue weighted by Crippen LogP contribution is 2.46. The average molecular weight is 417 g/mol. The number of hydrogen-bond donors (Lipinski definition) is 3. The molecule has 5 nitrogen and oxygen atoms in total. The molecule has 0 bridgehead atoms. The van der Waals surface area contributed by atoms with Crippen molar-refractivity contribution in [2.75, 3.05) is 6.61 Å². The molecule has 1 aliphatic heterocycles. The van der Waals surface area contributed by atoms with Crippen LogP contribution in [0.1, 0.15) is 69.1 Å². The lowest BCUT2D eigenvalue weighted by molar-refractivity contribution is -0.136. The number of aliphatic carboxylic acids is 1. The first-order valence-corrected chi connectivity index (χ1v) is 11.4. The molecule has 0 radical (unpaired) electrons. The summed E-state index contributed by atoms with van der Waals surface area (Å²) in [5.41, 5.74) is 1.78. The first-order valence-electron chi connectivity index (χ1n) is 11.4. The second kappa shape index (κ2) is 11.1. The Hall–Kier alpha value is -1.69. The summed E-state index contributed by atoms with van der Waals surface area (Å²) < 4.78 is 6.24. The molecule has 6 atom stereocenters. The lowest BCUT2D eigenvalue weighted by atomic mass is 9.84. The summed E-state index contributed by atoms with van der Waals surface area (Å²) in [6, 6.07) is 7.65. The molecule has 0 spiro atoms. The van der Waals surface area contributed by atoms with Crippen molar-refractivity contribution >= 4 is 5.97 Å². The van der Waals surface area contributed by atoms with E-state index in [0.717, 1.165) is 56.1 Å². The Morgan fingerprint density at radius 3 is 2.83 bits per heavy atom. The van der Waals surface area contributed by atoms with Gasteiger partial charge in [0, 0.05) is 5.92 Å².